The minimum Gasteiger partial charge on any atom is -0.497 e. The molecule has 0 radical (unpaired) electrons. The fourth-order valence-electron chi connectivity index (χ4n) is 4.67. The molecule has 2 heterocycles. The Balaban J connectivity index is 1.50. The monoisotopic (exact) mass is 395 g/mol. The van der Waals surface area contributed by atoms with Crippen LogP contribution >= 0.6 is 0 Å². The fraction of sp³-hybridized carbons (Fsp3) is 0.478. The van der Waals surface area contributed by atoms with Gasteiger partial charge in [0.15, 0.2) is 0 Å². The fourth-order valence-corrected chi connectivity index (χ4v) is 4.67. The number of rotatable bonds is 3. The topological polar surface area (TPSA) is 61.9 Å². The summed E-state index contributed by atoms with van der Waals surface area (Å²) in [5.74, 6) is 0.745. The summed E-state index contributed by atoms with van der Waals surface area (Å²) >= 11 is 0. The van der Waals surface area contributed by atoms with Crippen molar-refractivity contribution in [2.24, 2.45) is 5.41 Å². The van der Waals surface area contributed by atoms with Crippen LogP contribution in [0.4, 0.5) is 0 Å². The van der Waals surface area contributed by atoms with Crippen LogP contribution in [0.15, 0.2) is 48.2 Å². The van der Waals surface area contributed by atoms with Gasteiger partial charge in [-0.2, -0.15) is 0 Å². The quantitative estimate of drug-likeness (QED) is 0.855. The van der Waals surface area contributed by atoms with Crippen LogP contribution in [0, 0.1) is 5.41 Å². The number of allylic oxidation sites excluding steroid dienone is 4. The number of carbonyl (C=O) groups excluding carboxylic acids is 2. The molecule has 6 nitrogen and oxygen atoms in total. The van der Waals surface area contributed by atoms with Crippen molar-refractivity contribution in [2.45, 2.75) is 38.6 Å². The zero-order chi connectivity index (χ0) is 20.6. The standard InChI is InChI=1S/C23H29N3O3/c1-22(2)9-5-7-18(15-22)26-16-24-21(28)23(26)10-12-25(13-11-23)20(27)17-6-4-8-19(14-17)29-3/h4-9,14H,10-13,15-16H2,1-3H3,(H,24,28). The number of carbonyl (C=O) groups is 2. The molecule has 1 aromatic carbocycles. The van der Waals surface area contributed by atoms with Crippen LogP contribution in [-0.2, 0) is 4.79 Å². The maximum atomic E-state index is 13.0. The lowest BCUT2D eigenvalue weighted by Crippen LogP contribution is -2.56. The predicted molar refractivity (Wildman–Crippen MR) is 111 cm³/mol. The maximum Gasteiger partial charge on any atom is 0.253 e. The van der Waals surface area contributed by atoms with Crippen LogP contribution < -0.4 is 10.1 Å². The third kappa shape index (κ3) is 3.52. The first-order valence-electron chi connectivity index (χ1n) is 10.2. The maximum absolute atomic E-state index is 13.0. The van der Waals surface area contributed by atoms with E-state index < -0.39 is 5.54 Å². The second-order valence-electron chi connectivity index (χ2n) is 8.83. The molecule has 2 aliphatic heterocycles. The molecule has 29 heavy (non-hydrogen) atoms. The lowest BCUT2D eigenvalue weighted by Gasteiger charge is -2.45. The molecule has 0 atom stereocenters. The SMILES string of the molecule is COc1cccc(C(=O)N2CCC3(CC2)C(=O)NCN3C2=CC=CC(C)(C)C2)c1. The van der Waals surface area contributed by atoms with Crippen LogP contribution in [0.1, 0.15) is 43.5 Å². The Labute approximate surface area is 172 Å². The summed E-state index contributed by atoms with van der Waals surface area (Å²) in [7, 11) is 1.60. The van der Waals surface area contributed by atoms with Crippen molar-refractivity contribution < 1.29 is 14.3 Å². The molecular formula is C23H29N3O3. The van der Waals surface area contributed by atoms with E-state index in [0.717, 1.165) is 6.42 Å². The van der Waals surface area contributed by atoms with Gasteiger partial charge in [-0.25, -0.2) is 0 Å². The van der Waals surface area contributed by atoms with Crippen molar-refractivity contribution in [3.8, 4) is 5.75 Å². The van der Waals surface area contributed by atoms with Gasteiger partial charge in [-0.05, 0) is 49.0 Å². The Morgan fingerprint density at radius 3 is 2.66 bits per heavy atom. The zero-order valence-electron chi connectivity index (χ0n) is 17.4. The molecule has 0 bridgehead atoms. The Morgan fingerprint density at radius 1 is 1.21 bits per heavy atom. The van der Waals surface area contributed by atoms with Gasteiger partial charge in [-0.1, -0.05) is 32.1 Å². The summed E-state index contributed by atoms with van der Waals surface area (Å²) in [6.07, 6.45) is 8.61. The molecule has 3 aliphatic rings. The van der Waals surface area contributed by atoms with Gasteiger partial charge in [0.25, 0.3) is 5.91 Å². The number of benzene rings is 1. The van der Waals surface area contributed by atoms with E-state index in [0.29, 0.717) is 43.9 Å². The van der Waals surface area contributed by atoms with Gasteiger partial charge in [0.2, 0.25) is 5.91 Å². The van der Waals surface area contributed by atoms with E-state index in [1.165, 1.54) is 5.70 Å². The van der Waals surface area contributed by atoms with E-state index >= 15 is 0 Å². The van der Waals surface area contributed by atoms with Gasteiger partial charge < -0.3 is 19.9 Å². The number of piperidine rings is 1. The molecule has 2 saturated heterocycles. The molecule has 1 spiro atoms. The Kier molecular flexibility index (Phi) is 4.89. The van der Waals surface area contributed by atoms with E-state index in [4.69, 9.17) is 4.74 Å². The first kappa shape index (κ1) is 19.6. The smallest absolute Gasteiger partial charge is 0.253 e. The molecule has 1 N–H and O–H groups in total. The molecule has 0 saturated carbocycles. The number of amides is 2. The highest BCUT2D eigenvalue weighted by Crippen LogP contribution is 2.40. The van der Waals surface area contributed by atoms with Crippen molar-refractivity contribution >= 4 is 11.8 Å². The molecule has 154 valence electrons. The number of methoxy groups -OCH3 is 1. The highest BCUT2D eigenvalue weighted by atomic mass is 16.5. The molecule has 0 aromatic heterocycles. The molecule has 1 aromatic rings. The van der Waals surface area contributed by atoms with Crippen molar-refractivity contribution in [1.82, 2.24) is 15.1 Å². The van der Waals surface area contributed by atoms with Crippen molar-refractivity contribution in [2.75, 3.05) is 26.9 Å². The number of ether oxygens (including phenoxy) is 1. The molecule has 4 rings (SSSR count). The summed E-state index contributed by atoms with van der Waals surface area (Å²) in [4.78, 5) is 29.9. The van der Waals surface area contributed by atoms with Crippen molar-refractivity contribution in [3.05, 3.63) is 53.8 Å². The van der Waals surface area contributed by atoms with Gasteiger partial charge in [0, 0.05) is 24.4 Å². The minimum absolute atomic E-state index is 0.00958. The van der Waals surface area contributed by atoms with Crippen LogP contribution in [-0.4, -0.2) is 54.0 Å². The molecule has 6 heteroatoms. The van der Waals surface area contributed by atoms with Crippen LogP contribution in [0.2, 0.25) is 0 Å². The minimum atomic E-state index is -0.557. The second-order valence-corrected chi connectivity index (χ2v) is 8.83. The third-order valence-electron chi connectivity index (χ3n) is 6.35. The number of hydrogen-bond donors (Lipinski definition) is 1. The first-order valence-corrected chi connectivity index (χ1v) is 10.2. The van der Waals surface area contributed by atoms with Gasteiger partial charge in [-0.3, -0.25) is 9.59 Å². The zero-order valence-corrected chi connectivity index (χ0v) is 17.4. The van der Waals surface area contributed by atoms with Gasteiger partial charge >= 0.3 is 0 Å². The van der Waals surface area contributed by atoms with Crippen molar-refractivity contribution in [3.63, 3.8) is 0 Å². The summed E-state index contributed by atoms with van der Waals surface area (Å²) in [5.41, 5.74) is 1.34. The molecule has 2 amide bonds. The summed E-state index contributed by atoms with van der Waals surface area (Å²) < 4.78 is 5.24. The number of hydrogen-bond acceptors (Lipinski definition) is 4. The summed E-state index contributed by atoms with van der Waals surface area (Å²) in [6.45, 7) is 6.09. The van der Waals surface area contributed by atoms with Crippen molar-refractivity contribution in [1.29, 1.82) is 0 Å². The van der Waals surface area contributed by atoms with Crippen LogP contribution in [0.5, 0.6) is 5.75 Å². The average Bonchev–Trinajstić information content (AvgIpc) is 3.03. The highest BCUT2D eigenvalue weighted by molar-refractivity contribution is 5.95. The van der Waals surface area contributed by atoms with E-state index in [2.05, 4.69) is 42.3 Å². The number of nitrogens with one attached hydrogen (secondary N) is 1. The average molecular weight is 396 g/mol. The van der Waals surface area contributed by atoms with E-state index in [9.17, 15) is 9.59 Å². The summed E-state index contributed by atoms with van der Waals surface area (Å²) in [5, 5.41) is 3.05. The first-order chi connectivity index (χ1) is 13.8. The van der Waals surface area contributed by atoms with E-state index in [1.807, 2.05) is 23.1 Å². The Morgan fingerprint density at radius 2 is 1.97 bits per heavy atom. The lowest BCUT2D eigenvalue weighted by atomic mass is 9.81. The Hall–Kier alpha value is -2.76. The molecule has 0 unspecified atom stereocenters. The Bertz CT molecular complexity index is 879. The normalized spacial score (nSPS) is 22.4. The summed E-state index contributed by atoms with van der Waals surface area (Å²) in [6, 6.07) is 7.23. The van der Waals surface area contributed by atoms with E-state index in [-0.39, 0.29) is 17.2 Å². The molecular weight excluding hydrogens is 366 g/mol. The van der Waals surface area contributed by atoms with Gasteiger partial charge in [0.05, 0.1) is 13.8 Å². The predicted octanol–water partition coefficient (Wildman–Crippen LogP) is 2.93. The molecule has 1 aliphatic carbocycles. The van der Waals surface area contributed by atoms with Gasteiger partial charge in [0.1, 0.15) is 11.3 Å². The second kappa shape index (κ2) is 7.25. The van der Waals surface area contributed by atoms with Crippen LogP contribution in [0.3, 0.4) is 0 Å². The highest BCUT2D eigenvalue weighted by Gasteiger charge is 2.51. The molecule has 2 fully saturated rings. The largest absolute Gasteiger partial charge is 0.497 e. The van der Waals surface area contributed by atoms with Crippen LogP contribution in [0.25, 0.3) is 0 Å². The lowest BCUT2D eigenvalue weighted by molar-refractivity contribution is -0.128. The number of likely N-dealkylation sites (tertiary alicyclic amines) is 1. The van der Waals surface area contributed by atoms with Gasteiger partial charge in [-0.15, -0.1) is 0 Å². The van der Waals surface area contributed by atoms with E-state index in [1.54, 1.807) is 13.2 Å². The third-order valence-corrected chi connectivity index (χ3v) is 6.35. The number of nitrogens with zero attached hydrogens (tertiary/aromatic N) is 2.